The van der Waals surface area contributed by atoms with Crippen molar-refractivity contribution < 1.29 is 0 Å². The van der Waals surface area contributed by atoms with Crippen molar-refractivity contribution in [2.75, 3.05) is 18.4 Å². The van der Waals surface area contributed by atoms with Crippen LogP contribution in [0.2, 0.25) is 5.02 Å². The number of pyridine rings is 1. The van der Waals surface area contributed by atoms with Crippen LogP contribution in [0.15, 0.2) is 30.5 Å². The Balaban J connectivity index is 1.04. The summed E-state index contributed by atoms with van der Waals surface area (Å²) in [6.45, 7) is 4.54. The van der Waals surface area contributed by atoms with Gasteiger partial charge < -0.3 is 10.6 Å². The second-order valence-corrected chi connectivity index (χ2v) is 11.0. The van der Waals surface area contributed by atoms with Crippen LogP contribution in [0.25, 0.3) is 10.9 Å². The lowest BCUT2D eigenvalue weighted by Gasteiger charge is -2.57. The van der Waals surface area contributed by atoms with Crippen molar-refractivity contribution in [2.45, 2.75) is 70.8 Å². The van der Waals surface area contributed by atoms with E-state index in [1.165, 1.54) is 45.1 Å². The first-order valence-electron chi connectivity index (χ1n) is 12.1. The summed E-state index contributed by atoms with van der Waals surface area (Å²) in [6.07, 6.45) is 14.9. The van der Waals surface area contributed by atoms with Crippen LogP contribution in [-0.2, 0) is 0 Å². The molecule has 2 N–H and O–H groups in total. The molecule has 0 spiro atoms. The van der Waals surface area contributed by atoms with Gasteiger partial charge in [-0.3, -0.25) is 4.98 Å². The standard InChI is InChI=1S/C26H36ClN3/c1-18(28-10-7-26-15-19-11-20(16-26)13-21(12-19)17-26)3-2-8-29-24-6-9-30-25-14-22(27)4-5-23(24)25/h4-6,9,14,18-21,28H,2-3,7-8,10-13,15-17H2,1H3,(H,29,30). The van der Waals surface area contributed by atoms with Gasteiger partial charge in [0.1, 0.15) is 0 Å². The maximum Gasteiger partial charge on any atom is 0.0737 e. The summed E-state index contributed by atoms with van der Waals surface area (Å²) in [6, 6.07) is 8.57. The second kappa shape index (κ2) is 8.67. The largest absolute Gasteiger partial charge is 0.384 e. The number of fused-ring (bicyclic) bond motifs is 1. The van der Waals surface area contributed by atoms with Gasteiger partial charge in [0, 0.05) is 34.9 Å². The van der Waals surface area contributed by atoms with Crippen LogP contribution >= 0.6 is 11.6 Å². The normalized spacial score (nSPS) is 30.7. The fraction of sp³-hybridized carbons (Fsp3) is 0.654. The number of nitrogens with one attached hydrogen (secondary N) is 2. The van der Waals surface area contributed by atoms with Crippen LogP contribution in [-0.4, -0.2) is 24.1 Å². The topological polar surface area (TPSA) is 37.0 Å². The Bertz CT molecular complexity index is 844. The highest BCUT2D eigenvalue weighted by Crippen LogP contribution is 2.61. The number of halogens is 1. The van der Waals surface area contributed by atoms with Gasteiger partial charge in [-0.25, -0.2) is 0 Å². The predicted octanol–water partition coefficient (Wildman–Crippen LogP) is 6.66. The van der Waals surface area contributed by atoms with Crippen LogP contribution in [0.4, 0.5) is 5.69 Å². The van der Waals surface area contributed by atoms with Crippen LogP contribution in [0, 0.1) is 23.2 Å². The molecule has 6 rings (SSSR count). The maximum absolute atomic E-state index is 6.09. The molecule has 4 heteroatoms. The van der Waals surface area contributed by atoms with E-state index >= 15 is 0 Å². The lowest BCUT2D eigenvalue weighted by molar-refractivity contribution is -0.0569. The first kappa shape index (κ1) is 20.6. The maximum atomic E-state index is 6.09. The Morgan fingerprint density at radius 1 is 1.07 bits per heavy atom. The smallest absolute Gasteiger partial charge is 0.0737 e. The molecule has 30 heavy (non-hydrogen) atoms. The number of hydrogen-bond donors (Lipinski definition) is 2. The summed E-state index contributed by atoms with van der Waals surface area (Å²) in [4.78, 5) is 4.43. The SMILES string of the molecule is CC(CCCNc1ccnc2cc(Cl)ccc12)NCCC12CC3CC(CC(C3)C1)C2. The highest BCUT2D eigenvalue weighted by molar-refractivity contribution is 6.31. The number of nitrogens with zero attached hydrogens (tertiary/aromatic N) is 1. The molecule has 1 aromatic heterocycles. The average molecular weight is 426 g/mol. The van der Waals surface area contributed by atoms with Gasteiger partial charge in [0.15, 0.2) is 0 Å². The molecule has 4 aliphatic rings. The quantitative estimate of drug-likeness (QED) is 0.440. The Kier molecular flexibility index (Phi) is 5.94. The van der Waals surface area contributed by atoms with Crippen molar-refractivity contribution in [3.8, 4) is 0 Å². The van der Waals surface area contributed by atoms with Crippen LogP contribution in [0.5, 0.6) is 0 Å². The summed E-state index contributed by atoms with van der Waals surface area (Å²) < 4.78 is 0. The van der Waals surface area contributed by atoms with Crippen LogP contribution < -0.4 is 10.6 Å². The Morgan fingerprint density at radius 3 is 2.53 bits per heavy atom. The van der Waals surface area contributed by atoms with Crippen molar-refractivity contribution in [1.82, 2.24) is 10.3 Å². The third kappa shape index (κ3) is 4.48. The molecule has 2 aromatic rings. The van der Waals surface area contributed by atoms with Crippen molar-refractivity contribution in [3.63, 3.8) is 0 Å². The summed E-state index contributed by atoms with van der Waals surface area (Å²) in [7, 11) is 0. The summed E-state index contributed by atoms with van der Waals surface area (Å²) in [5.74, 6) is 3.21. The summed E-state index contributed by atoms with van der Waals surface area (Å²) >= 11 is 6.09. The van der Waals surface area contributed by atoms with Gasteiger partial charge in [0.25, 0.3) is 0 Å². The second-order valence-electron chi connectivity index (χ2n) is 10.6. The zero-order valence-corrected chi connectivity index (χ0v) is 19.1. The van der Waals surface area contributed by atoms with E-state index in [4.69, 9.17) is 11.6 Å². The summed E-state index contributed by atoms with van der Waals surface area (Å²) in [5, 5.41) is 9.32. The van der Waals surface area contributed by atoms with E-state index in [2.05, 4.69) is 34.7 Å². The number of benzene rings is 1. The molecule has 4 bridgehead atoms. The van der Waals surface area contributed by atoms with Crippen molar-refractivity contribution in [2.24, 2.45) is 23.2 Å². The van der Waals surface area contributed by atoms with E-state index in [0.29, 0.717) is 11.5 Å². The van der Waals surface area contributed by atoms with E-state index in [1.54, 1.807) is 19.3 Å². The van der Waals surface area contributed by atoms with Gasteiger partial charge in [-0.15, -0.1) is 0 Å². The third-order valence-corrected chi connectivity index (χ3v) is 8.38. The van der Waals surface area contributed by atoms with Gasteiger partial charge in [-0.1, -0.05) is 11.6 Å². The highest BCUT2D eigenvalue weighted by atomic mass is 35.5. The Morgan fingerprint density at radius 2 is 1.80 bits per heavy atom. The Hall–Kier alpha value is -1.32. The average Bonchev–Trinajstić information content (AvgIpc) is 2.70. The van der Waals surface area contributed by atoms with E-state index in [0.717, 1.165) is 45.9 Å². The van der Waals surface area contributed by atoms with Crippen molar-refractivity contribution >= 4 is 28.2 Å². The van der Waals surface area contributed by atoms with Gasteiger partial charge in [0.05, 0.1) is 5.52 Å². The van der Waals surface area contributed by atoms with E-state index < -0.39 is 0 Å². The van der Waals surface area contributed by atoms with Crippen molar-refractivity contribution in [1.29, 1.82) is 0 Å². The Labute approximate surface area is 186 Å². The van der Waals surface area contributed by atoms with Gasteiger partial charge in [0.2, 0.25) is 0 Å². The molecular weight excluding hydrogens is 390 g/mol. The molecule has 162 valence electrons. The molecule has 0 amide bonds. The molecule has 0 saturated heterocycles. The molecule has 1 atom stereocenters. The molecule has 4 fully saturated rings. The third-order valence-electron chi connectivity index (χ3n) is 8.15. The zero-order valence-electron chi connectivity index (χ0n) is 18.3. The molecule has 3 nitrogen and oxygen atoms in total. The minimum Gasteiger partial charge on any atom is -0.384 e. The minimum atomic E-state index is 0.591. The van der Waals surface area contributed by atoms with E-state index in [-0.39, 0.29) is 0 Å². The van der Waals surface area contributed by atoms with Gasteiger partial charge in [-0.2, -0.15) is 0 Å². The molecule has 1 heterocycles. The molecule has 4 saturated carbocycles. The van der Waals surface area contributed by atoms with Crippen molar-refractivity contribution in [3.05, 3.63) is 35.5 Å². The molecule has 0 radical (unpaired) electrons. The van der Waals surface area contributed by atoms with E-state index in [9.17, 15) is 0 Å². The number of anilines is 1. The molecule has 0 aliphatic heterocycles. The van der Waals surface area contributed by atoms with Crippen LogP contribution in [0.3, 0.4) is 0 Å². The molecule has 1 unspecified atom stereocenters. The minimum absolute atomic E-state index is 0.591. The fourth-order valence-electron chi connectivity index (χ4n) is 7.19. The summed E-state index contributed by atoms with van der Waals surface area (Å²) in [5.41, 5.74) is 2.81. The zero-order chi connectivity index (χ0) is 20.6. The number of hydrogen-bond acceptors (Lipinski definition) is 3. The fourth-order valence-corrected chi connectivity index (χ4v) is 7.36. The highest BCUT2D eigenvalue weighted by Gasteiger charge is 2.50. The first-order valence-corrected chi connectivity index (χ1v) is 12.5. The van der Waals surface area contributed by atoms with Gasteiger partial charge in [-0.05, 0) is 119 Å². The van der Waals surface area contributed by atoms with Gasteiger partial charge >= 0.3 is 0 Å². The molecule has 1 aromatic carbocycles. The number of aromatic nitrogens is 1. The van der Waals surface area contributed by atoms with Crippen LogP contribution in [0.1, 0.15) is 64.7 Å². The predicted molar refractivity (Wildman–Crippen MR) is 127 cm³/mol. The van der Waals surface area contributed by atoms with E-state index in [1.807, 2.05) is 18.3 Å². The number of rotatable bonds is 9. The lowest BCUT2D eigenvalue weighted by Crippen LogP contribution is -2.47. The molecular formula is C26H36ClN3. The lowest BCUT2D eigenvalue weighted by atomic mass is 9.49. The molecule has 4 aliphatic carbocycles. The monoisotopic (exact) mass is 425 g/mol. The first-order chi connectivity index (χ1) is 14.6.